The van der Waals surface area contributed by atoms with Crippen molar-refractivity contribution >= 4 is 5.97 Å². The largest absolute Gasteiger partial charge is 0.480 e. The molecule has 0 aromatic heterocycles. The number of carbonyl (C=O) groups is 1. The topological polar surface area (TPSA) is 60.8 Å². The summed E-state index contributed by atoms with van der Waals surface area (Å²) in [6.45, 7) is 0.937. The van der Waals surface area contributed by atoms with Crippen molar-refractivity contribution in [3.63, 3.8) is 0 Å². The van der Waals surface area contributed by atoms with Gasteiger partial charge in [0.1, 0.15) is 0 Å². The Morgan fingerprint density at radius 3 is 2.47 bits per heavy atom. The minimum atomic E-state index is -0.783. The maximum Gasteiger partial charge on any atom is 0.317 e. The van der Waals surface area contributed by atoms with Gasteiger partial charge in [-0.15, -0.1) is 0 Å². The van der Waals surface area contributed by atoms with E-state index in [1.165, 1.54) is 12.8 Å². The fourth-order valence-electron chi connectivity index (χ4n) is 2.47. The third-order valence-corrected chi connectivity index (χ3v) is 3.44. The number of aliphatic hydroxyl groups excluding tert-OH is 1. The van der Waals surface area contributed by atoms with E-state index >= 15 is 0 Å². The van der Waals surface area contributed by atoms with Gasteiger partial charge >= 0.3 is 5.97 Å². The molecular formula is C11H19NO3. The zero-order chi connectivity index (χ0) is 10.8. The van der Waals surface area contributed by atoms with Gasteiger partial charge in [0.25, 0.3) is 0 Å². The van der Waals surface area contributed by atoms with Crippen LogP contribution < -0.4 is 0 Å². The molecule has 2 fully saturated rings. The minimum absolute atomic E-state index is 0.0816. The quantitative estimate of drug-likeness (QED) is 0.705. The van der Waals surface area contributed by atoms with Crippen LogP contribution in [0.1, 0.15) is 32.1 Å². The summed E-state index contributed by atoms with van der Waals surface area (Å²) in [5.41, 5.74) is 0. The number of aliphatic carboxylic acids is 1. The Morgan fingerprint density at radius 2 is 2.00 bits per heavy atom. The Labute approximate surface area is 89.9 Å². The molecule has 2 aliphatic carbocycles. The molecule has 2 unspecified atom stereocenters. The molecule has 0 saturated heterocycles. The lowest BCUT2D eigenvalue weighted by atomic mass is 10.1. The lowest BCUT2D eigenvalue weighted by molar-refractivity contribution is -0.139. The molecular weight excluding hydrogens is 194 g/mol. The van der Waals surface area contributed by atoms with Crippen molar-refractivity contribution in [2.45, 2.75) is 44.2 Å². The number of rotatable bonds is 5. The molecule has 2 aliphatic rings. The van der Waals surface area contributed by atoms with Crippen LogP contribution in [-0.2, 0) is 4.79 Å². The maximum atomic E-state index is 10.8. The Hall–Kier alpha value is -0.610. The van der Waals surface area contributed by atoms with Crippen molar-refractivity contribution < 1.29 is 15.0 Å². The molecule has 2 rings (SSSR count). The van der Waals surface area contributed by atoms with Gasteiger partial charge in [-0.1, -0.05) is 0 Å². The van der Waals surface area contributed by atoms with Crippen LogP contribution in [0.3, 0.4) is 0 Å². The number of aliphatic hydroxyl groups is 1. The zero-order valence-electron chi connectivity index (χ0n) is 8.93. The lowest BCUT2D eigenvalue weighted by Gasteiger charge is -2.29. The highest BCUT2D eigenvalue weighted by molar-refractivity contribution is 5.69. The Balaban J connectivity index is 1.92. The summed E-state index contributed by atoms with van der Waals surface area (Å²) in [5.74, 6) is -0.105. The summed E-state index contributed by atoms with van der Waals surface area (Å²) >= 11 is 0. The molecule has 4 heteroatoms. The maximum absolute atomic E-state index is 10.8. The highest BCUT2D eigenvalue weighted by Gasteiger charge is 2.35. The van der Waals surface area contributed by atoms with Crippen molar-refractivity contribution in [1.29, 1.82) is 0 Å². The highest BCUT2D eigenvalue weighted by Crippen LogP contribution is 2.32. The summed E-state index contributed by atoms with van der Waals surface area (Å²) in [4.78, 5) is 12.7. The van der Waals surface area contributed by atoms with Crippen LogP contribution in [-0.4, -0.2) is 46.3 Å². The molecule has 2 N–H and O–H groups in total. The average Bonchev–Trinajstić information content (AvgIpc) is 2.86. The smallest absolute Gasteiger partial charge is 0.317 e. The van der Waals surface area contributed by atoms with E-state index in [4.69, 9.17) is 5.11 Å². The van der Waals surface area contributed by atoms with Crippen LogP contribution >= 0.6 is 0 Å². The normalized spacial score (nSPS) is 31.1. The second kappa shape index (κ2) is 4.49. The van der Waals surface area contributed by atoms with Crippen molar-refractivity contribution in [1.82, 2.24) is 4.90 Å². The van der Waals surface area contributed by atoms with E-state index in [0.29, 0.717) is 5.92 Å². The van der Waals surface area contributed by atoms with Crippen molar-refractivity contribution in [2.75, 3.05) is 13.1 Å². The van der Waals surface area contributed by atoms with E-state index in [0.717, 1.165) is 25.8 Å². The first-order valence-corrected chi connectivity index (χ1v) is 5.80. The van der Waals surface area contributed by atoms with Gasteiger partial charge in [-0.25, -0.2) is 0 Å². The monoisotopic (exact) mass is 213 g/mol. The number of carboxylic acids is 1. The first-order chi connectivity index (χ1) is 7.16. The predicted molar refractivity (Wildman–Crippen MR) is 55.6 cm³/mol. The zero-order valence-corrected chi connectivity index (χ0v) is 8.93. The standard InChI is InChI=1S/C11H19NO3/c13-10-3-1-2-9(10)12(7-11(14)15)6-8-4-5-8/h8-10,13H,1-7H2,(H,14,15). The Morgan fingerprint density at radius 1 is 1.27 bits per heavy atom. The minimum Gasteiger partial charge on any atom is -0.480 e. The van der Waals surface area contributed by atoms with Crippen molar-refractivity contribution in [3.05, 3.63) is 0 Å². The molecule has 0 aromatic rings. The Bertz CT molecular complexity index is 240. The number of hydrogen-bond donors (Lipinski definition) is 2. The van der Waals surface area contributed by atoms with Gasteiger partial charge in [-0.05, 0) is 38.0 Å². The summed E-state index contributed by atoms with van der Waals surface area (Å²) in [6.07, 6.45) is 4.92. The van der Waals surface area contributed by atoms with Crippen LogP contribution in [0.25, 0.3) is 0 Å². The molecule has 0 spiro atoms. The van der Waals surface area contributed by atoms with Gasteiger partial charge < -0.3 is 10.2 Å². The van der Waals surface area contributed by atoms with E-state index in [9.17, 15) is 9.90 Å². The second-order valence-corrected chi connectivity index (χ2v) is 4.83. The van der Waals surface area contributed by atoms with Gasteiger partial charge in [0, 0.05) is 12.6 Å². The first-order valence-electron chi connectivity index (χ1n) is 5.80. The van der Waals surface area contributed by atoms with Gasteiger partial charge in [0.05, 0.1) is 12.6 Å². The van der Waals surface area contributed by atoms with E-state index in [2.05, 4.69) is 0 Å². The highest BCUT2D eigenvalue weighted by atomic mass is 16.4. The van der Waals surface area contributed by atoms with Gasteiger partial charge in [0.2, 0.25) is 0 Å². The molecule has 0 heterocycles. The van der Waals surface area contributed by atoms with Crippen LogP contribution in [0.15, 0.2) is 0 Å². The summed E-state index contributed by atoms with van der Waals surface area (Å²) < 4.78 is 0. The molecule has 0 aliphatic heterocycles. The van der Waals surface area contributed by atoms with Gasteiger partial charge in [0.15, 0.2) is 0 Å². The van der Waals surface area contributed by atoms with Crippen molar-refractivity contribution in [3.8, 4) is 0 Å². The molecule has 0 radical (unpaired) electrons. The van der Waals surface area contributed by atoms with E-state index in [-0.39, 0.29) is 18.7 Å². The molecule has 2 atom stereocenters. The van der Waals surface area contributed by atoms with Crippen molar-refractivity contribution in [2.24, 2.45) is 5.92 Å². The molecule has 2 saturated carbocycles. The van der Waals surface area contributed by atoms with Crippen LogP contribution in [0.4, 0.5) is 0 Å². The summed E-state index contributed by atoms with van der Waals surface area (Å²) in [6, 6.07) is 0.0849. The summed E-state index contributed by atoms with van der Waals surface area (Å²) in [7, 11) is 0. The van der Waals surface area contributed by atoms with Gasteiger partial charge in [-0.3, -0.25) is 9.69 Å². The molecule has 86 valence electrons. The number of hydrogen-bond acceptors (Lipinski definition) is 3. The van der Waals surface area contributed by atoms with E-state index in [1.807, 2.05) is 4.90 Å². The lowest BCUT2D eigenvalue weighted by Crippen LogP contribution is -2.44. The summed E-state index contributed by atoms with van der Waals surface area (Å²) in [5, 5.41) is 18.6. The van der Waals surface area contributed by atoms with E-state index < -0.39 is 5.97 Å². The predicted octanol–water partition coefficient (Wildman–Crippen LogP) is 0.696. The molecule has 0 amide bonds. The van der Waals surface area contributed by atoms with E-state index in [1.54, 1.807) is 0 Å². The first kappa shape index (κ1) is 10.9. The van der Waals surface area contributed by atoms with Crippen LogP contribution in [0, 0.1) is 5.92 Å². The molecule has 0 bridgehead atoms. The second-order valence-electron chi connectivity index (χ2n) is 4.83. The molecule has 4 nitrogen and oxygen atoms in total. The number of carboxylic acid groups (broad SMARTS) is 1. The van der Waals surface area contributed by atoms with Crippen LogP contribution in [0.2, 0.25) is 0 Å². The number of nitrogens with zero attached hydrogens (tertiary/aromatic N) is 1. The Kier molecular flexibility index (Phi) is 3.26. The molecule has 15 heavy (non-hydrogen) atoms. The SMILES string of the molecule is O=C(O)CN(CC1CC1)C1CCCC1O. The third kappa shape index (κ3) is 2.92. The fourth-order valence-corrected chi connectivity index (χ4v) is 2.47. The third-order valence-electron chi connectivity index (χ3n) is 3.44. The fraction of sp³-hybridized carbons (Fsp3) is 0.909. The average molecular weight is 213 g/mol. The van der Waals surface area contributed by atoms with Gasteiger partial charge in [-0.2, -0.15) is 0 Å². The molecule has 0 aromatic carbocycles. The van der Waals surface area contributed by atoms with Crippen LogP contribution in [0.5, 0.6) is 0 Å².